The molecule has 0 aliphatic rings. The fourth-order valence-corrected chi connectivity index (χ4v) is 1.48. The van der Waals surface area contributed by atoms with Crippen molar-refractivity contribution in [1.29, 1.82) is 0 Å². The van der Waals surface area contributed by atoms with E-state index in [2.05, 4.69) is 26.3 Å². The van der Waals surface area contributed by atoms with Gasteiger partial charge in [0.1, 0.15) is 0 Å². The number of carbonyl (C=O) groups is 1. The van der Waals surface area contributed by atoms with E-state index in [1.54, 1.807) is 6.20 Å². The Bertz CT molecular complexity index is 308. The first-order chi connectivity index (χ1) is 6.15. The van der Waals surface area contributed by atoms with E-state index < -0.39 is 0 Å². The first-order valence-electron chi connectivity index (χ1n) is 4.09. The number of amides is 1. The van der Waals surface area contributed by atoms with Crippen LogP contribution < -0.4 is 5.32 Å². The lowest BCUT2D eigenvalue weighted by Crippen LogP contribution is -2.21. The third-order valence-electron chi connectivity index (χ3n) is 1.70. The van der Waals surface area contributed by atoms with Crippen LogP contribution >= 0.6 is 15.9 Å². The molecule has 0 atom stereocenters. The number of hydrogen-bond acceptors (Lipinski definition) is 2. The number of nitrogens with zero attached hydrogens (tertiary/aromatic N) is 2. The van der Waals surface area contributed by atoms with Crippen LogP contribution in [0.4, 0.5) is 0 Å². The van der Waals surface area contributed by atoms with E-state index in [1.165, 1.54) is 6.92 Å². The summed E-state index contributed by atoms with van der Waals surface area (Å²) in [5.41, 5.74) is 0.998. The zero-order valence-corrected chi connectivity index (χ0v) is 9.26. The van der Waals surface area contributed by atoms with Crippen molar-refractivity contribution in [3.05, 3.63) is 16.4 Å². The second-order valence-electron chi connectivity index (χ2n) is 2.66. The number of carbonyl (C=O) groups excluding carboxylic acids is 1. The number of nitrogens with one attached hydrogen (secondary N) is 1. The van der Waals surface area contributed by atoms with Gasteiger partial charge in [-0.2, -0.15) is 5.10 Å². The van der Waals surface area contributed by atoms with Gasteiger partial charge < -0.3 is 5.32 Å². The van der Waals surface area contributed by atoms with Crippen molar-refractivity contribution in [2.45, 2.75) is 26.9 Å². The molecule has 0 saturated carbocycles. The summed E-state index contributed by atoms with van der Waals surface area (Å²) in [5.74, 6) is -0.0317. The lowest BCUT2D eigenvalue weighted by molar-refractivity contribution is -0.119. The molecule has 1 N–H and O–H groups in total. The zero-order valence-electron chi connectivity index (χ0n) is 7.67. The summed E-state index contributed by atoms with van der Waals surface area (Å²) in [6.45, 7) is 4.83. The SMILES string of the molecule is CCn1ncc(Br)c1CNC(C)=O. The lowest BCUT2D eigenvalue weighted by atomic mass is 10.4. The molecule has 0 aliphatic carbocycles. The molecule has 0 radical (unpaired) electrons. The molecular weight excluding hydrogens is 234 g/mol. The van der Waals surface area contributed by atoms with Crippen LogP contribution in [0.3, 0.4) is 0 Å². The normalized spacial score (nSPS) is 10.1. The van der Waals surface area contributed by atoms with Gasteiger partial charge in [-0.05, 0) is 22.9 Å². The van der Waals surface area contributed by atoms with Crippen molar-refractivity contribution in [2.75, 3.05) is 0 Å². The first-order valence-corrected chi connectivity index (χ1v) is 4.89. The molecule has 1 amide bonds. The Labute approximate surface area is 85.4 Å². The highest BCUT2D eigenvalue weighted by Crippen LogP contribution is 2.15. The first kappa shape index (κ1) is 10.2. The highest BCUT2D eigenvalue weighted by Gasteiger charge is 2.06. The lowest BCUT2D eigenvalue weighted by Gasteiger charge is -2.05. The highest BCUT2D eigenvalue weighted by molar-refractivity contribution is 9.10. The Morgan fingerprint density at radius 1 is 1.77 bits per heavy atom. The van der Waals surface area contributed by atoms with Gasteiger partial charge in [0.05, 0.1) is 22.9 Å². The fraction of sp³-hybridized carbons (Fsp3) is 0.500. The van der Waals surface area contributed by atoms with Crippen LogP contribution in [-0.2, 0) is 17.9 Å². The van der Waals surface area contributed by atoms with Gasteiger partial charge in [0.2, 0.25) is 5.91 Å². The summed E-state index contributed by atoms with van der Waals surface area (Å²) in [6, 6.07) is 0. The molecule has 5 heteroatoms. The van der Waals surface area contributed by atoms with Crippen LogP contribution in [0.5, 0.6) is 0 Å². The predicted molar refractivity (Wildman–Crippen MR) is 53.1 cm³/mol. The molecule has 0 spiro atoms. The molecule has 0 unspecified atom stereocenters. The molecule has 13 heavy (non-hydrogen) atoms. The van der Waals surface area contributed by atoms with Crippen LogP contribution in [0.1, 0.15) is 19.5 Å². The van der Waals surface area contributed by atoms with E-state index in [0.29, 0.717) is 6.54 Å². The van der Waals surface area contributed by atoms with Gasteiger partial charge in [0.25, 0.3) is 0 Å². The summed E-state index contributed by atoms with van der Waals surface area (Å²) in [4.78, 5) is 10.7. The quantitative estimate of drug-likeness (QED) is 0.873. The van der Waals surface area contributed by atoms with Crippen molar-refractivity contribution in [3.8, 4) is 0 Å². The molecule has 0 fully saturated rings. The largest absolute Gasteiger partial charge is 0.351 e. The van der Waals surface area contributed by atoms with Gasteiger partial charge in [-0.3, -0.25) is 9.48 Å². The Morgan fingerprint density at radius 3 is 3.00 bits per heavy atom. The van der Waals surface area contributed by atoms with Crippen molar-refractivity contribution in [2.24, 2.45) is 0 Å². The Kier molecular flexibility index (Phi) is 3.48. The minimum Gasteiger partial charge on any atom is -0.351 e. The van der Waals surface area contributed by atoms with E-state index in [-0.39, 0.29) is 5.91 Å². The van der Waals surface area contributed by atoms with E-state index in [0.717, 1.165) is 16.7 Å². The third kappa shape index (κ3) is 2.55. The minimum atomic E-state index is -0.0317. The van der Waals surface area contributed by atoms with Crippen LogP contribution in [0.15, 0.2) is 10.7 Å². The Balaban J connectivity index is 2.73. The summed E-state index contributed by atoms with van der Waals surface area (Å²) >= 11 is 3.37. The maximum atomic E-state index is 10.7. The molecule has 72 valence electrons. The van der Waals surface area contributed by atoms with Crippen molar-refractivity contribution in [3.63, 3.8) is 0 Å². The zero-order chi connectivity index (χ0) is 9.84. The number of aryl methyl sites for hydroxylation is 1. The molecular formula is C8H12BrN3O. The Morgan fingerprint density at radius 2 is 2.46 bits per heavy atom. The molecule has 4 nitrogen and oxygen atoms in total. The summed E-state index contributed by atoms with van der Waals surface area (Å²) in [5, 5.41) is 6.86. The Hall–Kier alpha value is -0.840. The molecule has 1 heterocycles. The van der Waals surface area contributed by atoms with Crippen molar-refractivity contribution in [1.82, 2.24) is 15.1 Å². The molecule has 1 aromatic rings. The molecule has 1 rings (SSSR count). The van der Waals surface area contributed by atoms with Crippen LogP contribution in [0, 0.1) is 0 Å². The average molecular weight is 246 g/mol. The monoisotopic (exact) mass is 245 g/mol. The van der Waals surface area contributed by atoms with E-state index >= 15 is 0 Å². The molecule has 0 aliphatic heterocycles. The molecule has 1 aromatic heterocycles. The maximum Gasteiger partial charge on any atom is 0.217 e. The van der Waals surface area contributed by atoms with E-state index in [9.17, 15) is 4.79 Å². The van der Waals surface area contributed by atoms with Crippen LogP contribution in [0.25, 0.3) is 0 Å². The molecule has 0 bridgehead atoms. The highest BCUT2D eigenvalue weighted by atomic mass is 79.9. The molecule has 0 aromatic carbocycles. The van der Waals surface area contributed by atoms with Crippen molar-refractivity contribution >= 4 is 21.8 Å². The van der Waals surface area contributed by atoms with Gasteiger partial charge in [-0.15, -0.1) is 0 Å². The molecule has 0 saturated heterocycles. The van der Waals surface area contributed by atoms with Crippen molar-refractivity contribution < 1.29 is 4.79 Å². The van der Waals surface area contributed by atoms with Gasteiger partial charge >= 0.3 is 0 Å². The second-order valence-corrected chi connectivity index (χ2v) is 3.52. The maximum absolute atomic E-state index is 10.7. The van der Waals surface area contributed by atoms with Crippen LogP contribution in [-0.4, -0.2) is 15.7 Å². The van der Waals surface area contributed by atoms with E-state index in [1.807, 2.05) is 11.6 Å². The summed E-state index contributed by atoms with van der Waals surface area (Å²) < 4.78 is 2.78. The number of hydrogen-bond donors (Lipinski definition) is 1. The number of halogens is 1. The minimum absolute atomic E-state index is 0.0317. The van der Waals surface area contributed by atoms with Crippen LogP contribution in [0.2, 0.25) is 0 Å². The van der Waals surface area contributed by atoms with Gasteiger partial charge in [-0.1, -0.05) is 0 Å². The third-order valence-corrected chi connectivity index (χ3v) is 2.36. The fourth-order valence-electron chi connectivity index (χ4n) is 1.04. The number of rotatable bonds is 3. The van der Waals surface area contributed by atoms with Gasteiger partial charge in [-0.25, -0.2) is 0 Å². The smallest absolute Gasteiger partial charge is 0.217 e. The van der Waals surface area contributed by atoms with Gasteiger partial charge in [0, 0.05) is 13.5 Å². The predicted octanol–water partition coefficient (Wildman–Crippen LogP) is 1.30. The standard InChI is InChI=1S/C8H12BrN3O/c1-3-12-8(5-10-6(2)13)7(9)4-11-12/h4H,3,5H2,1-2H3,(H,10,13). The second kappa shape index (κ2) is 4.41. The number of aromatic nitrogens is 2. The average Bonchev–Trinajstić information content (AvgIpc) is 2.43. The van der Waals surface area contributed by atoms with E-state index in [4.69, 9.17) is 0 Å². The summed E-state index contributed by atoms with van der Waals surface area (Å²) in [6.07, 6.45) is 1.74. The summed E-state index contributed by atoms with van der Waals surface area (Å²) in [7, 11) is 0. The topological polar surface area (TPSA) is 46.9 Å². The van der Waals surface area contributed by atoms with Gasteiger partial charge in [0.15, 0.2) is 0 Å².